The van der Waals surface area contributed by atoms with Crippen molar-refractivity contribution >= 4 is 21.8 Å². The number of hydrogen-bond donors (Lipinski definition) is 2. The van der Waals surface area contributed by atoms with Gasteiger partial charge in [-0.2, -0.15) is 0 Å². The molecule has 0 spiro atoms. The maximum atomic E-state index is 13.9. The number of rotatable bonds is 13. The van der Waals surface area contributed by atoms with Gasteiger partial charge in [-0.1, -0.05) is 74.9 Å². The highest BCUT2D eigenvalue weighted by molar-refractivity contribution is 7.91. The monoisotopic (exact) mass is 618 g/mol. The van der Waals surface area contributed by atoms with Crippen LogP contribution in [0.15, 0.2) is 54.6 Å². The molecule has 0 unspecified atom stereocenters. The lowest BCUT2D eigenvalue weighted by atomic mass is 9.75. The van der Waals surface area contributed by atoms with Crippen LogP contribution < -0.4 is 5.43 Å². The van der Waals surface area contributed by atoms with Gasteiger partial charge in [-0.15, -0.1) is 0 Å². The molecule has 11 heteroatoms. The number of hydrazine groups is 1. The topological polar surface area (TPSA) is 131 Å². The molecular formula is C32H46N2O8S. The van der Waals surface area contributed by atoms with Crippen LogP contribution in [0.5, 0.6) is 0 Å². The van der Waals surface area contributed by atoms with Gasteiger partial charge in [-0.25, -0.2) is 18.2 Å². The fourth-order valence-electron chi connectivity index (χ4n) is 5.26. The highest BCUT2D eigenvalue weighted by Gasteiger charge is 2.39. The molecule has 1 heterocycles. The van der Waals surface area contributed by atoms with Crippen LogP contribution in [0, 0.1) is 5.41 Å². The first kappa shape index (κ1) is 34.5. The van der Waals surface area contributed by atoms with Crippen molar-refractivity contribution in [2.45, 2.75) is 77.8 Å². The van der Waals surface area contributed by atoms with Crippen LogP contribution in [-0.2, 0) is 40.9 Å². The van der Waals surface area contributed by atoms with E-state index in [0.717, 1.165) is 21.7 Å². The first-order chi connectivity index (χ1) is 20.1. The summed E-state index contributed by atoms with van der Waals surface area (Å²) in [5.41, 5.74) is 3.47. The van der Waals surface area contributed by atoms with Gasteiger partial charge in [0.15, 0.2) is 15.6 Å². The van der Waals surface area contributed by atoms with E-state index >= 15 is 0 Å². The number of carbonyl (C=O) groups is 2. The molecule has 1 aliphatic heterocycles. The summed E-state index contributed by atoms with van der Waals surface area (Å²) in [5.74, 6) is -1.46. The number of carbonyl (C=O) groups excluding carboxylic acids is 2. The minimum Gasteiger partial charge on any atom is -0.443 e. The van der Waals surface area contributed by atoms with Gasteiger partial charge in [-0.05, 0) is 55.7 Å². The third-order valence-electron chi connectivity index (χ3n) is 7.70. The van der Waals surface area contributed by atoms with Crippen LogP contribution in [0.1, 0.15) is 76.7 Å². The molecule has 0 radical (unpaired) electrons. The summed E-state index contributed by atoms with van der Waals surface area (Å²) in [6, 6.07) is 16.8. The van der Waals surface area contributed by atoms with Gasteiger partial charge < -0.3 is 19.3 Å². The normalized spacial score (nSPS) is 18.1. The molecule has 2 aromatic carbocycles. The first-order valence-corrected chi connectivity index (χ1v) is 16.4. The van der Waals surface area contributed by atoms with Gasteiger partial charge >= 0.3 is 6.09 Å². The maximum absolute atomic E-state index is 13.9. The maximum Gasteiger partial charge on any atom is 0.428 e. The second kappa shape index (κ2) is 14.2. The summed E-state index contributed by atoms with van der Waals surface area (Å²) in [7, 11) is -1.98. The van der Waals surface area contributed by atoms with Crippen LogP contribution in [0.4, 0.5) is 4.79 Å². The summed E-state index contributed by atoms with van der Waals surface area (Å²) in [4.78, 5) is 26.6. The molecular weight excluding hydrogens is 572 g/mol. The Hall–Kier alpha value is -2.99. The molecule has 2 amide bonds. The highest BCUT2D eigenvalue weighted by Crippen LogP contribution is 2.37. The van der Waals surface area contributed by atoms with Gasteiger partial charge in [0.2, 0.25) is 5.91 Å². The minimum absolute atomic E-state index is 0.0628. The van der Waals surface area contributed by atoms with E-state index in [0.29, 0.717) is 25.9 Å². The first-order valence-electron chi connectivity index (χ1n) is 14.5. The molecule has 2 aromatic rings. The molecule has 2 N–H and O–H groups in total. The Bertz CT molecular complexity index is 1350. The third-order valence-corrected chi connectivity index (χ3v) is 9.72. The second-order valence-electron chi connectivity index (χ2n) is 12.6. The quantitative estimate of drug-likeness (QED) is 0.310. The molecule has 43 heavy (non-hydrogen) atoms. The third kappa shape index (κ3) is 10.0. The van der Waals surface area contributed by atoms with Crippen molar-refractivity contribution in [2.24, 2.45) is 5.41 Å². The van der Waals surface area contributed by atoms with Crippen molar-refractivity contribution in [3.8, 4) is 0 Å². The molecule has 1 fully saturated rings. The molecule has 0 aliphatic carbocycles. The Morgan fingerprint density at radius 1 is 1.09 bits per heavy atom. The lowest BCUT2D eigenvalue weighted by Crippen LogP contribution is -2.51. The van der Waals surface area contributed by atoms with Gasteiger partial charge in [0.05, 0.1) is 30.1 Å². The van der Waals surface area contributed by atoms with Crippen LogP contribution in [0.3, 0.4) is 0 Å². The molecule has 10 nitrogen and oxygen atoms in total. The number of aliphatic hydroxyl groups excluding tert-OH is 1. The van der Waals surface area contributed by atoms with E-state index in [9.17, 15) is 18.0 Å². The van der Waals surface area contributed by atoms with Crippen LogP contribution >= 0.6 is 0 Å². The van der Waals surface area contributed by atoms with E-state index in [1.54, 1.807) is 0 Å². The van der Waals surface area contributed by atoms with E-state index in [2.05, 4.69) is 5.43 Å². The summed E-state index contributed by atoms with van der Waals surface area (Å²) in [6.45, 7) is 9.29. The number of sulfone groups is 1. The molecule has 0 bridgehead atoms. The molecule has 1 aliphatic rings. The lowest BCUT2D eigenvalue weighted by molar-refractivity contribution is -0.139. The lowest BCUT2D eigenvalue weighted by Gasteiger charge is -2.33. The van der Waals surface area contributed by atoms with E-state index in [-0.39, 0.29) is 24.2 Å². The Kier molecular flexibility index (Phi) is 11.4. The number of amides is 2. The van der Waals surface area contributed by atoms with Crippen molar-refractivity contribution in [1.82, 2.24) is 10.4 Å². The Morgan fingerprint density at radius 3 is 2.42 bits per heavy atom. The predicted molar refractivity (Wildman–Crippen MR) is 164 cm³/mol. The molecule has 0 saturated carbocycles. The van der Waals surface area contributed by atoms with E-state index in [1.807, 2.05) is 89.2 Å². The number of ether oxygens (including phenoxy) is 3. The Labute approximate surface area is 255 Å². The zero-order valence-corrected chi connectivity index (χ0v) is 26.9. The standard InChI is InChI=1S/C32H46N2O8S/c1-30(2,23-43(38,39)19-18-35)16-11-17-32(5,26-15-10-14-25(20-26)27-22-41-31(3,4)42-27)28(36)33-34(6)29(37)40-21-24-12-8-7-9-13-24/h7-10,12-15,20,27,35H,11,16-19,21-23H2,1-6H3,(H,33,36)/t27-,32+/m0/s1. The number of nitrogens with zero attached hydrogens (tertiary/aromatic N) is 1. The summed E-state index contributed by atoms with van der Waals surface area (Å²) >= 11 is 0. The second-order valence-corrected chi connectivity index (χ2v) is 14.8. The summed E-state index contributed by atoms with van der Waals surface area (Å²) in [5, 5.41) is 10.2. The molecule has 238 valence electrons. The number of aliphatic hydroxyl groups is 1. The number of hydrogen-bond acceptors (Lipinski definition) is 8. The van der Waals surface area contributed by atoms with Crippen molar-refractivity contribution in [3.63, 3.8) is 0 Å². The van der Waals surface area contributed by atoms with Crippen molar-refractivity contribution in [1.29, 1.82) is 0 Å². The van der Waals surface area contributed by atoms with E-state index in [1.165, 1.54) is 7.05 Å². The van der Waals surface area contributed by atoms with Gasteiger partial charge in [-0.3, -0.25) is 10.2 Å². The molecule has 1 saturated heterocycles. The summed E-state index contributed by atoms with van der Waals surface area (Å²) in [6.07, 6.45) is 0.444. The van der Waals surface area contributed by atoms with Crippen molar-refractivity contribution in [2.75, 3.05) is 31.8 Å². The number of nitrogens with one attached hydrogen (secondary N) is 1. The minimum atomic E-state index is -3.41. The molecule has 0 aromatic heterocycles. The number of benzene rings is 2. The smallest absolute Gasteiger partial charge is 0.428 e. The average molecular weight is 619 g/mol. The van der Waals surface area contributed by atoms with Gasteiger partial charge in [0, 0.05) is 7.05 Å². The van der Waals surface area contributed by atoms with E-state index in [4.69, 9.17) is 19.3 Å². The fourth-order valence-corrected chi connectivity index (χ4v) is 7.02. The van der Waals surface area contributed by atoms with Crippen LogP contribution in [0.25, 0.3) is 0 Å². The van der Waals surface area contributed by atoms with Crippen molar-refractivity contribution < 1.29 is 37.3 Å². The summed E-state index contributed by atoms with van der Waals surface area (Å²) < 4.78 is 41.9. The zero-order valence-electron chi connectivity index (χ0n) is 26.1. The fraction of sp³-hybridized carbons (Fsp3) is 0.562. The predicted octanol–water partition coefficient (Wildman–Crippen LogP) is 4.67. The van der Waals surface area contributed by atoms with Gasteiger partial charge in [0.25, 0.3) is 0 Å². The molecule has 3 rings (SSSR count). The Morgan fingerprint density at radius 2 is 1.79 bits per heavy atom. The highest BCUT2D eigenvalue weighted by atomic mass is 32.2. The SMILES string of the molecule is CN(NC(=O)[C@](C)(CCCC(C)(C)CS(=O)(=O)CCO)c1cccc([C@@H]2COC(C)(C)O2)c1)C(=O)OCc1ccccc1. The van der Waals surface area contributed by atoms with Crippen LogP contribution in [-0.4, -0.2) is 68.1 Å². The largest absolute Gasteiger partial charge is 0.443 e. The molecule has 2 atom stereocenters. The zero-order chi connectivity index (χ0) is 31.9. The van der Waals surface area contributed by atoms with Gasteiger partial charge in [0.1, 0.15) is 12.7 Å². The average Bonchev–Trinajstić information content (AvgIpc) is 3.30. The Balaban J connectivity index is 1.79. The van der Waals surface area contributed by atoms with Crippen molar-refractivity contribution in [3.05, 3.63) is 71.3 Å². The van der Waals surface area contributed by atoms with E-state index < -0.39 is 45.1 Å². The van der Waals surface area contributed by atoms with Crippen LogP contribution in [0.2, 0.25) is 0 Å².